The van der Waals surface area contributed by atoms with Crippen molar-refractivity contribution in [2.75, 3.05) is 0 Å². The van der Waals surface area contributed by atoms with Crippen LogP contribution in [0.1, 0.15) is 30.0 Å². The van der Waals surface area contributed by atoms with Crippen LogP contribution < -0.4 is 4.74 Å². The Hall–Kier alpha value is -1.57. The van der Waals surface area contributed by atoms with E-state index in [0.29, 0.717) is 6.42 Å². The van der Waals surface area contributed by atoms with Gasteiger partial charge in [0.25, 0.3) is 0 Å². The molecule has 2 aliphatic rings. The van der Waals surface area contributed by atoms with E-state index in [1.807, 2.05) is 6.08 Å². The van der Waals surface area contributed by atoms with E-state index in [2.05, 4.69) is 32.9 Å². The highest BCUT2D eigenvalue weighted by atomic mass is 16.5. The molecule has 0 bridgehead atoms. The van der Waals surface area contributed by atoms with E-state index in [9.17, 15) is 4.79 Å². The molecule has 2 unspecified atom stereocenters. The van der Waals surface area contributed by atoms with Crippen molar-refractivity contribution in [1.82, 2.24) is 0 Å². The molecule has 1 aliphatic carbocycles. The highest BCUT2D eigenvalue weighted by Gasteiger charge is 2.46. The van der Waals surface area contributed by atoms with E-state index in [-0.39, 0.29) is 17.3 Å². The molecular weight excluding hydrogens is 212 g/mol. The lowest BCUT2D eigenvalue weighted by molar-refractivity contribution is -0.117. The van der Waals surface area contributed by atoms with Crippen molar-refractivity contribution in [1.29, 1.82) is 0 Å². The van der Waals surface area contributed by atoms with Crippen LogP contribution in [-0.2, 0) is 10.2 Å². The Kier molecular flexibility index (Phi) is 2.00. The minimum atomic E-state index is -0.139. The van der Waals surface area contributed by atoms with Gasteiger partial charge in [0.05, 0.1) is 5.41 Å². The first-order valence-corrected chi connectivity index (χ1v) is 6.01. The van der Waals surface area contributed by atoms with Crippen LogP contribution >= 0.6 is 0 Å². The number of benzene rings is 1. The number of fused-ring (bicyclic) bond motifs is 3. The van der Waals surface area contributed by atoms with Crippen LogP contribution in [0.4, 0.5) is 0 Å². The molecule has 1 heterocycles. The molecule has 1 aliphatic heterocycles. The molecule has 0 aromatic heterocycles. The van der Waals surface area contributed by atoms with Gasteiger partial charge in [-0.15, -0.1) is 0 Å². The Labute approximate surface area is 101 Å². The van der Waals surface area contributed by atoms with Crippen LogP contribution in [0.2, 0.25) is 0 Å². The molecule has 0 saturated heterocycles. The van der Waals surface area contributed by atoms with Crippen molar-refractivity contribution in [3.8, 4) is 5.75 Å². The number of ether oxygens (including phenoxy) is 1. The van der Waals surface area contributed by atoms with Crippen LogP contribution in [0.5, 0.6) is 5.75 Å². The van der Waals surface area contributed by atoms with E-state index < -0.39 is 0 Å². The number of ketones is 1. The second-order valence-electron chi connectivity index (χ2n) is 5.35. The van der Waals surface area contributed by atoms with Crippen molar-refractivity contribution in [2.45, 2.75) is 38.7 Å². The number of allylic oxidation sites excluding steroid dienone is 1. The second-order valence-corrected chi connectivity index (χ2v) is 5.35. The molecular formula is C15H16O2. The minimum absolute atomic E-state index is 0.0319. The molecule has 0 fully saturated rings. The first kappa shape index (κ1) is 10.6. The molecule has 0 spiro atoms. The summed E-state index contributed by atoms with van der Waals surface area (Å²) in [6.07, 6.45) is 4.16. The third kappa shape index (κ3) is 1.36. The van der Waals surface area contributed by atoms with Gasteiger partial charge in [-0.3, -0.25) is 4.79 Å². The predicted octanol–water partition coefficient (Wildman–Crippen LogP) is 2.85. The van der Waals surface area contributed by atoms with E-state index >= 15 is 0 Å². The normalized spacial score (nSPS) is 29.8. The summed E-state index contributed by atoms with van der Waals surface area (Å²) in [5.41, 5.74) is 3.50. The summed E-state index contributed by atoms with van der Waals surface area (Å²) < 4.78 is 6.00. The van der Waals surface area contributed by atoms with Crippen molar-refractivity contribution >= 4 is 5.78 Å². The van der Waals surface area contributed by atoms with E-state index in [1.54, 1.807) is 6.08 Å². The molecule has 1 aromatic rings. The zero-order valence-electron chi connectivity index (χ0n) is 10.4. The van der Waals surface area contributed by atoms with Gasteiger partial charge in [-0.05, 0) is 32.4 Å². The average molecular weight is 228 g/mol. The van der Waals surface area contributed by atoms with Crippen LogP contribution in [0.15, 0.2) is 24.3 Å². The van der Waals surface area contributed by atoms with Crippen molar-refractivity contribution in [2.24, 2.45) is 0 Å². The number of rotatable bonds is 0. The molecule has 0 amide bonds. The Bertz CT molecular complexity index is 542. The second kappa shape index (κ2) is 3.22. The lowest BCUT2D eigenvalue weighted by Crippen LogP contribution is -2.38. The first-order valence-electron chi connectivity index (χ1n) is 6.01. The lowest BCUT2D eigenvalue weighted by Gasteiger charge is -2.29. The van der Waals surface area contributed by atoms with E-state index in [1.165, 1.54) is 11.1 Å². The zero-order valence-corrected chi connectivity index (χ0v) is 10.4. The minimum Gasteiger partial charge on any atom is -0.488 e. The van der Waals surface area contributed by atoms with Gasteiger partial charge >= 0.3 is 0 Å². The summed E-state index contributed by atoms with van der Waals surface area (Å²) in [5.74, 6) is 1.14. The zero-order chi connectivity index (χ0) is 12.2. The Morgan fingerprint density at radius 3 is 2.88 bits per heavy atom. The average Bonchev–Trinajstić information content (AvgIpc) is 2.53. The number of aryl methyl sites for hydroxylation is 2. The quantitative estimate of drug-likeness (QED) is 0.682. The molecule has 2 nitrogen and oxygen atoms in total. The fraction of sp³-hybridized carbons (Fsp3) is 0.400. The van der Waals surface area contributed by atoms with E-state index in [0.717, 1.165) is 11.3 Å². The largest absolute Gasteiger partial charge is 0.488 e. The van der Waals surface area contributed by atoms with Gasteiger partial charge in [-0.2, -0.15) is 0 Å². The number of hydrogen-bond acceptors (Lipinski definition) is 2. The smallest absolute Gasteiger partial charge is 0.159 e. The van der Waals surface area contributed by atoms with Crippen molar-refractivity contribution < 1.29 is 9.53 Å². The third-order valence-corrected chi connectivity index (χ3v) is 3.93. The lowest BCUT2D eigenvalue weighted by atomic mass is 9.73. The summed E-state index contributed by atoms with van der Waals surface area (Å²) in [5, 5.41) is 0. The fourth-order valence-corrected chi connectivity index (χ4v) is 2.92. The van der Waals surface area contributed by atoms with Crippen LogP contribution in [0, 0.1) is 13.8 Å². The van der Waals surface area contributed by atoms with Crippen LogP contribution in [0.3, 0.4) is 0 Å². The maximum absolute atomic E-state index is 11.5. The van der Waals surface area contributed by atoms with Gasteiger partial charge in [0.2, 0.25) is 0 Å². The SMILES string of the molecule is Cc1cc(C)c2c(c1)C1(C)C=CC(=O)CC1O2. The summed E-state index contributed by atoms with van der Waals surface area (Å²) in [6, 6.07) is 4.31. The maximum Gasteiger partial charge on any atom is 0.159 e. The van der Waals surface area contributed by atoms with E-state index in [4.69, 9.17) is 4.74 Å². The molecule has 88 valence electrons. The van der Waals surface area contributed by atoms with Gasteiger partial charge in [0, 0.05) is 12.0 Å². The van der Waals surface area contributed by atoms with Gasteiger partial charge in [0.15, 0.2) is 5.78 Å². The van der Waals surface area contributed by atoms with Gasteiger partial charge in [0.1, 0.15) is 11.9 Å². The number of carbonyl (C=O) groups excluding carboxylic acids is 1. The first-order chi connectivity index (χ1) is 8.00. The van der Waals surface area contributed by atoms with Gasteiger partial charge in [-0.25, -0.2) is 0 Å². The molecule has 0 saturated carbocycles. The molecule has 17 heavy (non-hydrogen) atoms. The molecule has 2 heteroatoms. The molecule has 0 N–H and O–H groups in total. The summed E-state index contributed by atoms with van der Waals surface area (Å²) in [6.45, 7) is 6.32. The van der Waals surface area contributed by atoms with Crippen LogP contribution in [-0.4, -0.2) is 11.9 Å². The van der Waals surface area contributed by atoms with Crippen molar-refractivity contribution in [3.63, 3.8) is 0 Å². The highest BCUT2D eigenvalue weighted by Crippen LogP contribution is 2.48. The van der Waals surface area contributed by atoms with Gasteiger partial charge in [-0.1, -0.05) is 23.8 Å². The Morgan fingerprint density at radius 1 is 1.35 bits per heavy atom. The van der Waals surface area contributed by atoms with Crippen LogP contribution in [0.25, 0.3) is 0 Å². The number of carbonyl (C=O) groups is 1. The van der Waals surface area contributed by atoms with Crippen molar-refractivity contribution in [3.05, 3.63) is 41.0 Å². The molecule has 0 radical (unpaired) electrons. The molecule has 3 rings (SSSR count). The summed E-state index contributed by atoms with van der Waals surface area (Å²) in [4.78, 5) is 11.5. The predicted molar refractivity (Wildman–Crippen MR) is 66.4 cm³/mol. The summed E-state index contributed by atoms with van der Waals surface area (Å²) in [7, 11) is 0. The highest BCUT2D eigenvalue weighted by molar-refractivity contribution is 5.92. The Morgan fingerprint density at radius 2 is 2.12 bits per heavy atom. The maximum atomic E-state index is 11.5. The Balaban J connectivity index is 2.21. The topological polar surface area (TPSA) is 26.3 Å². The fourth-order valence-electron chi connectivity index (χ4n) is 2.92. The molecule has 2 atom stereocenters. The standard InChI is InChI=1S/C15H16O2/c1-9-6-10(2)14-12(7-9)15(3)5-4-11(16)8-13(15)17-14/h4-7,13H,8H2,1-3H3. The third-order valence-electron chi connectivity index (χ3n) is 3.93. The monoisotopic (exact) mass is 228 g/mol. The summed E-state index contributed by atoms with van der Waals surface area (Å²) >= 11 is 0. The molecule has 1 aromatic carbocycles. The van der Waals surface area contributed by atoms with Gasteiger partial charge < -0.3 is 4.74 Å². The number of hydrogen-bond donors (Lipinski definition) is 0.